The highest BCUT2D eigenvalue weighted by molar-refractivity contribution is 5.76. The Bertz CT molecular complexity index is 341. The first-order chi connectivity index (χ1) is 8.77. The summed E-state index contributed by atoms with van der Waals surface area (Å²) in [6.45, 7) is 2.36. The Morgan fingerprint density at radius 1 is 1.33 bits per heavy atom. The molecule has 18 heavy (non-hydrogen) atoms. The van der Waals surface area contributed by atoms with Crippen molar-refractivity contribution in [1.29, 1.82) is 0 Å². The monoisotopic (exact) mass is 250 g/mol. The minimum Gasteiger partial charge on any atom is -0.383 e. The van der Waals surface area contributed by atoms with Gasteiger partial charge >= 0.3 is 0 Å². The Kier molecular flexibility index (Phi) is 7.06. The lowest BCUT2D eigenvalue weighted by atomic mass is 10.2. The number of methoxy groups -OCH3 is 1. The van der Waals surface area contributed by atoms with Crippen LogP contribution < -0.4 is 5.73 Å². The first-order valence-electron chi connectivity index (χ1n) is 6.28. The van der Waals surface area contributed by atoms with Gasteiger partial charge in [-0.15, -0.1) is 0 Å². The van der Waals surface area contributed by atoms with Gasteiger partial charge in [0.1, 0.15) is 0 Å². The van der Waals surface area contributed by atoms with Gasteiger partial charge in [-0.1, -0.05) is 30.3 Å². The van der Waals surface area contributed by atoms with Gasteiger partial charge in [-0.05, 0) is 18.5 Å². The molecule has 0 saturated heterocycles. The lowest BCUT2D eigenvalue weighted by molar-refractivity contribution is -0.132. The molecule has 0 heterocycles. The number of amides is 1. The second kappa shape index (κ2) is 8.66. The maximum absolute atomic E-state index is 12.0. The van der Waals surface area contributed by atoms with E-state index in [0.29, 0.717) is 32.7 Å². The minimum absolute atomic E-state index is 0.140. The summed E-state index contributed by atoms with van der Waals surface area (Å²) in [5, 5.41) is 0. The van der Waals surface area contributed by atoms with Crippen molar-refractivity contribution in [2.45, 2.75) is 19.4 Å². The zero-order valence-corrected chi connectivity index (χ0v) is 11.0. The summed E-state index contributed by atoms with van der Waals surface area (Å²) in [5.41, 5.74) is 6.57. The predicted octanol–water partition coefficient (Wildman–Crippen LogP) is 1.40. The van der Waals surface area contributed by atoms with Crippen LogP contribution >= 0.6 is 0 Å². The molecule has 0 bridgehead atoms. The minimum atomic E-state index is 0.140. The highest BCUT2D eigenvalue weighted by Crippen LogP contribution is 2.06. The molecule has 0 aliphatic carbocycles. The number of ether oxygens (including phenoxy) is 1. The molecule has 0 fully saturated rings. The van der Waals surface area contributed by atoms with E-state index >= 15 is 0 Å². The van der Waals surface area contributed by atoms with Crippen molar-refractivity contribution >= 4 is 5.91 Å². The standard InChI is InChI=1S/C14H22N2O2/c1-18-11-10-16(14(17)8-5-9-15)12-13-6-3-2-4-7-13/h2-4,6-7H,5,8-12,15H2,1H3. The molecule has 0 unspecified atom stereocenters. The maximum Gasteiger partial charge on any atom is 0.222 e. The van der Waals surface area contributed by atoms with Gasteiger partial charge in [0.25, 0.3) is 0 Å². The molecule has 0 atom stereocenters. The van der Waals surface area contributed by atoms with Crippen LogP contribution in [-0.2, 0) is 16.1 Å². The van der Waals surface area contributed by atoms with Crippen molar-refractivity contribution in [2.24, 2.45) is 5.73 Å². The van der Waals surface area contributed by atoms with Gasteiger partial charge < -0.3 is 15.4 Å². The van der Waals surface area contributed by atoms with Crippen LogP contribution in [0, 0.1) is 0 Å². The normalized spacial score (nSPS) is 10.3. The molecule has 0 saturated carbocycles. The van der Waals surface area contributed by atoms with Crippen molar-refractivity contribution in [1.82, 2.24) is 4.90 Å². The largest absolute Gasteiger partial charge is 0.383 e. The highest BCUT2D eigenvalue weighted by atomic mass is 16.5. The Hall–Kier alpha value is -1.39. The Balaban J connectivity index is 2.57. The van der Waals surface area contributed by atoms with Crippen LogP contribution in [0.3, 0.4) is 0 Å². The highest BCUT2D eigenvalue weighted by Gasteiger charge is 2.12. The van der Waals surface area contributed by atoms with E-state index in [9.17, 15) is 4.79 Å². The summed E-state index contributed by atoms with van der Waals surface area (Å²) in [6, 6.07) is 9.98. The zero-order valence-electron chi connectivity index (χ0n) is 11.0. The van der Waals surface area contributed by atoms with E-state index in [2.05, 4.69) is 0 Å². The van der Waals surface area contributed by atoms with Crippen LogP contribution in [0.4, 0.5) is 0 Å². The molecular weight excluding hydrogens is 228 g/mol. The quantitative estimate of drug-likeness (QED) is 0.758. The van der Waals surface area contributed by atoms with Crippen LogP contribution in [0.25, 0.3) is 0 Å². The molecule has 4 heteroatoms. The van der Waals surface area contributed by atoms with Crippen molar-refractivity contribution in [3.63, 3.8) is 0 Å². The van der Waals surface area contributed by atoms with Gasteiger partial charge in [-0.2, -0.15) is 0 Å². The van der Waals surface area contributed by atoms with Gasteiger partial charge in [0.15, 0.2) is 0 Å². The molecule has 2 N–H and O–H groups in total. The number of hydrogen-bond donors (Lipinski definition) is 1. The van der Waals surface area contributed by atoms with Gasteiger partial charge in [-0.3, -0.25) is 4.79 Å². The molecule has 1 aromatic carbocycles. The average Bonchev–Trinajstić information content (AvgIpc) is 2.42. The van der Waals surface area contributed by atoms with E-state index < -0.39 is 0 Å². The van der Waals surface area contributed by atoms with Crippen molar-refractivity contribution < 1.29 is 9.53 Å². The van der Waals surface area contributed by atoms with Crippen LogP contribution in [0.2, 0.25) is 0 Å². The first-order valence-corrected chi connectivity index (χ1v) is 6.28. The average molecular weight is 250 g/mol. The second-order valence-corrected chi connectivity index (χ2v) is 4.19. The topological polar surface area (TPSA) is 55.6 Å². The maximum atomic E-state index is 12.0. The van der Waals surface area contributed by atoms with Crippen LogP contribution in [0.15, 0.2) is 30.3 Å². The summed E-state index contributed by atoms with van der Waals surface area (Å²) in [5.74, 6) is 0.140. The number of nitrogens with two attached hydrogens (primary N) is 1. The molecule has 1 rings (SSSR count). The van der Waals surface area contributed by atoms with Crippen molar-refractivity contribution in [2.75, 3.05) is 26.8 Å². The lowest BCUT2D eigenvalue weighted by Crippen LogP contribution is -2.33. The summed E-state index contributed by atoms with van der Waals surface area (Å²) < 4.78 is 5.05. The molecule has 100 valence electrons. The SMILES string of the molecule is COCCN(Cc1ccccc1)C(=O)CCCN. The Morgan fingerprint density at radius 2 is 2.06 bits per heavy atom. The third kappa shape index (κ3) is 5.29. The number of benzene rings is 1. The fourth-order valence-electron chi connectivity index (χ4n) is 1.71. The van der Waals surface area contributed by atoms with E-state index in [0.717, 1.165) is 12.0 Å². The fourth-order valence-corrected chi connectivity index (χ4v) is 1.71. The van der Waals surface area contributed by atoms with Crippen LogP contribution in [0.1, 0.15) is 18.4 Å². The Labute approximate surface area is 109 Å². The third-order valence-electron chi connectivity index (χ3n) is 2.73. The fraction of sp³-hybridized carbons (Fsp3) is 0.500. The predicted molar refractivity (Wildman–Crippen MR) is 72.0 cm³/mol. The van der Waals surface area contributed by atoms with Gasteiger partial charge in [-0.25, -0.2) is 0 Å². The molecule has 0 aliphatic heterocycles. The second-order valence-electron chi connectivity index (χ2n) is 4.19. The molecule has 1 aromatic rings. The Morgan fingerprint density at radius 3 is 2.67 bits per heavy atom. The molecule has 0 spiro atoms. The summed E-state index contributed by atoms with van der Waals surface area (Å²) in [4.78, 5) is 13.9. The van der Waals surface area contributed by atoms with E-state index in [4.69, 9.17) is 10.5 Å². The molecule has 1 amide bonds. The van der Waals surface area contributed by atoms with Gasteiger partial charge in [0.05, 0.1) is 6.61 Å². The van der Waals surface area contributed by atoms with Gasteiger partial charge in [0, 0.05) is 26.6 Å². The van der Waals surface area contributed by atoms with E-state index in [1.165, 1.54) is 0 Å². The van der Waals surface area contributed by atoms with Crippen LogP contribution in [-0.4, -0.2) is 37.6 Å². The lowest BCUT2D eigenvalue weighted by Gasteiger charge is -2.22. The number of hydrogen-bond acceptors (Lipinski definition) is 3. The third-order valence-corrected chi connectivity index (χ3v) is 2.73. The van der Waals surface area contributed by atoms with Crippen LogP contribution in [0.5, 0.6) is 0 Å². The smallest absolute Gasteiger partial charge is 0.222 e. The summed E-state index contributed by atoms with van der Waals surface area (Å²) in [6.07, 6.45) is 1.24. The van der Waals surface area contributed by atoms with Crippen molar-refractivity contribution in [3.05, 3.63) is 35.9 Å². The molecular formula is C14H22N2O2. The first kappa shape index (κ1) is 14.7. The molecule has 4 nitrogen and oxygen atoms in total. The summed E-state index contributed by atoms with van der Waals surface area (Å²) in [7, 11) is 1.64. The van der Waals surface area contributed by atoms with E-state index in [1.807, 2.05) is 35.2 Å². The number of carbonyl (C=O) groups excluding carboxylic acids is 1. The zero-order chi connectivity index (χ0) is 13.2. The van der Waals surface area contributed by atoms with E-state index in [-0.39, 0.29) is 5.91 Å². The number of nitrogens with zero attached hydrogens (tertiary/aromatic N) is 1. The molecule has 0 aliphatic rings. The van der Waals surface area contributed by atoms with Crippen molar-refractivity contribution in [3.8, 4) is 0 Å². The molecule has 0 aromatic heterocycles. The summed E-state index contributed by atoms with van der Waals surface area (Å²) >= 11 is 0. The molecule has 0 radical (unpaired) electrons. The van der Waals surface area contributed by atoms with E-state index in [1.54, 1.807) is 7.11 Å². The number of rotatable bonds is 8. The van der Waals surface area contributed by atoms with Gasteiger partial charge in [0.2, 0.25) is 5.91 Å². The number of carbonyl (C=O) groups is 1.